The summed E-state index contributed by atoms with van der Waals surface area (Å²) in [5.41, 5.74) is 0.0296. The van der Waals surface area contributed by atoms with Gasteiger partial charge in [-0.05, 0) is 12.1 Å². The zero-order valence-corrected chi connectivity index (χ0v) is 9.92. The van der Waals surface area contributed by atoms with E-state index in [0.717, 1.165) is 11.1 Å². The lowest BCUT2D eigenvalue weighted by Crippen LogP contribution is -1.93. The van der Waals surface area contributed by atoms with Crippen LogP contribution in [0.25, 0.3) is 0 Å². The molecule has 1 heterocycles. The summed E-state index contributed by atoms with van der Waals surface area (Å²) in [5.74, 6) is 0. The van der Waals surface area contributed by atoms with E-state index in [0.29, 0.717) is 5.03 Å². The van der Waals surface area contributed by atoms with Gasteiger partial charge in [-0.3, -0.25) is 10.1 Å². The molecule has 2 rings (SSSR count). The van der Waals surface area contributed by atoms with E-state index < -0.39 is 4.92 Å². The van der Waals surface area contributed by atoms with Gasteiger partial charge in [0.1, 0.15) is 17.3 Å². The minimum absolute atomic E-state index is 0.177. The van der Waals surface area contributed by atoms with Gasteiger partial charge < -0.3 is 0 Å². The Bertz CT molecular complexity index is 623. The lowest BCUT2D eigenvalue weighted by atomic mass is 10.3. The Labute approximate surface area is 107 Å². The molecule has 1 aromatic carbocycles. The fraction of sp³-hybridized carbons (Fsp3) is 0. The first kappa shape index (κ1) is 12.1. The standard InChI is InChI=1S/C12H7N3O2S/c13-7-9-6-10(15(16)17)8-14-12(9)18-11-4-2-1-3-5-11/h1-6,8H. The molecule has 0 fully saturated rings. The first-order chi connectivity index (χ1) is 8.70. The van der Waals surface area contributed by atoms with Gasteiger partial charge in [0.2, 0.25) is 0 Å². The van der Waals surface area contributed by atoms with E-state index >= 15 is 0 Å². The highest BCUT2D eigenvalue weighted by molar-refractivity contribution is 7.99. The molecule has 0 aliphatic rings. The second-order valence-corrected chi connectivity index (χ2v) is 4.39. The van der Waals surface area contributed by atoms with E-state index in [9.17, 15) is 10.1 Å². The summed E-state index contributed by atoms with van der Waals surface area (Å²) in [6.45, 7) is 0. The number of aromatic nitrogens is 1. The quantitative estimate of drug-likeness (QED) is 0.623. The van der Waals surface area contributed by atoms with Crippen molar-refractivity contribution in [2.45, 2.75) is 9.92 Å². The van der Waals surface area contributed by atoms with E-state index in [4.69, 9.17) is 5.26 Å². The maximum absolute atomic E-state index is 10.6. The third-order valence-corrected chi connectivity index (χ3v) is 3.15. The Morgan fingerprint density at radius 2 is 2.06 bits per heavy atom. The van der Waals surface area contributed by atoms with Gasteiger partial charge >= 0.3 is 0 Å². The van der Waals surface area contributed by atoms with Gasteiger partial charge in [0.15, 0.2) is 0 Å². The molecule has 0 spiro atoms. The normalized spacial score (nSPS) is 9.72. The molecule has 1 aromatic heterocycles. The van der Waals surface area contributed by atoms with E-state index in [1.165, 1.54) is 17.8 Å². The van der Waals surface area contributed by atoms with Crippen LogP contribution in [0, 0.1) is 21.4 Å². The van der Waals surface area contributed by atoms with Crippen molar-refractivity contribution < 1.29 is 4.92 Å². The van der Waals surface area contributed by atoms with E-state index in [1.807, 2.05) is 36.4 Å². The SMILES string of the molecule is N#Cc1cc([N+](=O)[O-])cnc1Sc1ccccc1. The maximum Gasteiger partial charge on any atom is 0.288 e. The highest BCUT2D eigenvalue weighted by atomic mass is 32.2. The number of pyridine rings is 1. The summed E-state index contributed by atoms with van der Waals surface area (Å²) < 4.78 is 0. The minimum Gasteiger partial charge on any atom is -0.258 e. The minimum atomic E-state index is -0.565. The van der Waals surface area contributed by atoms with Crippen LogP contribution in [0.3, 0.4) is 0 Å². The highest BCUT2D eigenvalue weighted by Gasteiger charge is 2.12. The molecule has 2 aromatic rings. The van der Waals surface area contributed by atoms with Gasteiger partial charge in [-0.1, -0.05) is 30.0 Å². The number of nitro groups is 1. The molecule has 0 atom stereocenters. The largest absolute Gasteiger partial charge is 0.288 e. The van der Waals surface area contributed by atoms with Crippen molar-refractivity contribution in [1.82, 2.24) is 4.98 Å². The predicted molar refractivity (Wildman–Crippen MR) is 66.2 cm³/mol. The first-order valence-electron chi connectivity index (χ1n) is 4.98. The average Bonchev–Trinajstić information content (AvgIpc) is 2.40. The molecule has 0 bridgehead atoms. The highest BCUT2D eigenvalue weighted by Crippen LogP contribution is 2.29. The molecular formula is C12H7N3O2S. The summed E-state index contributed by atoms with van der Waals surface area (Å²) in [4.78, 5) is 14.9. The van der Waals surface area contributed by atoms with Crippen LogP contribution >= 0.6 is 11.8 Å². The smallest absolute Gasteiger partial charge is 0.258 e. The molecule has 5 nitrogen and oxygen atoms in total. The van der Waals surface area contributed by atoms with Crippen molar-refractivity contribution >= 4 is 17.4 Å². The third kappa shape index (κ3) is 2.64. The number of hydrogen-bond donors (Lipinski definition) is 0. The number of nitrogens with zero attached hydrogens (tertiary/aromatic N) is 3. The topological polar surface area (TPSA) is 79.8 Å². The summed E-state index contributed by atoms with van der Waals surface area (Å²) in [7, 11) is 0. The maximum atomic E-state index is 10.6. The van der Waals surface area contributed by atoms with Gasteiger partial charge in [-0.2, -0.15) is 5.26 Å². The van der Waals surface area contributed by atoms with Gasteiger partial charge in [0.05, 0.1) is 10.5 Å². The van der Waals surface area contributed by atoms with Crippen molar-refractivity contribution in [1.29, 1.82) is 5.26 Å². The van der Waals surface area contributed by atoms with Crippen LogP contribution < -0.4 is 0 Å². The van der Waals surface area contributed by atoms with Gasteiger partial charge in [-0.15, -0.1) is 0 Å². The molecular weight excluding hydrogens is 250 g/mol. The molecule has 18 heavy (non-hydrogen) atoms. The van der Waals surface area contributed by atoms with E-state index in [-0.39, 0.29) is 11.3 Å². The summed E-state index contributed by atoms with van der Waals surface area (Å²) in [5, 5.41) is 20.0. The molecule has 0 saturated heterocycles. The first-order valence-corrected chi connectivity index (χ1v) is 5.80. The second kappa shape index (κ2) is 5.29. The zero-order chi connectivity index (χ0) is 13.0. The number of rotatable bonds is 3. The van der Waals surface area contributed by atoms with Crippen LogP contribution in [0.2, 0.25) is 0 Å². The van der Waals surface area contributed by atoms with Gasteiger partial charge in [0.25, 0.3) is 5.69 Å². The van der Waals surface area contributed by atoms with Crippen LogP contribution in [0.5, 0.6) is 0 Å². The molecule has 6 heteroatoms. The second-order valence-electron chi connectivity index (χ2n) is 3.33. The van der Waals surface area contributed by atoms with Crippen molar-refractivity contribution in [3.05, 3.63) is 58.3 Å². The Morgan fingerprint density at radius 1 is 1.33 bits per heavy atom. The molecule has 0 unspecified atom stereocenters. The van der Waals surface area contributed by atoms with Crippen molar-refractivity contribution in [2.75, 3.05) is 0 Å². The van der Waals surface area contributed by atoms with Crippen LogP contribution in [0.15, 0.2) is 52.5 Å². The number of nitriles is 1. The van der Waals surface area contributed by atoms with Crippen LogP contribution in [-0.2, 0) is 0 Å². The predicted octanol–water partition coefficient (Wildman–Crippen LogP) is 3.01. The molecule has 88 valence electrons. The fourth-order valence-corrected chi connectivity index (χ4v) is 2.14. The van der Waals surface area contributed by atoms with Crippen molar-refractivity contribution in [3.63, 3.8) is 0 Å². The molecule has 0 N–H and O–H groups in total. The number of benzene rings is 1. The molecule has 0 amide bonds. The molecule has 0 aliphatic heterocycles. The summed E-state index contributed by atoms with van der Waals surface area (Å²) in [6.07, 6.45) is 1.16. The van der Waals surface area contributed by atoms with Crippen molar-refractivity contribution in [2.24, 2.45) is 0 Å². The number of hydrogen-bond acceptors (Lipinski definition) is 5. The van der Waals surface area contributed by atoms with Crippen molar-refractivity contribution in [3.8, 4) is 6.07 Å². The van der Waals surface area contributed by atoms with Gasteiger partial charge in [0, 0.05) is 11.0 Å². The Hall–Kier alpha value is -2.39. The summed E-state index contributed by atoms with van der Waals surface area (Å²) in [6, 6.07) is 12.6. The molecule has 0 aliphatic carbocycles. The monoisotopic (exact) mass is 257 g/mol. The lowest BCUT2D eigenvalue weighted by molar-refractivity contribution is -0.385. The van der Waals surface area contributed by atoms with Gasteiger partial charge in [-0.25, -0.2) is 4.98 Å². The van der Waals surface area contributed by atoms with Crippen LogP contribution in [0.1, 0.15) is 5.56 Å². The Balaban J connectivity index is 2.35. The average molecular weight is 257 g/mol. The van der Waals surface area contributed by atoms with Crippen LogP contribution in [0.4, 0.5) is 5.69 Å². The molecule has 0 saturated carbocycles. The van der Waals surface area contributed by atoms with Crippen LogP contribution in [-0.4, -0.2) is 9.91 Å². The zero-order valence-electron chi connectivity index (χ0n) is 9.11. The molecule has 0 radical (unpaired) electrons. The van der Waals surface area contributed by atoms with E-state index in [2.05, 4.69) is 4.98 Å². The lowest BCUT2D eigenvalue weighted by Gasteiger charge is -2.02. The van der Waals surface area contributed by atoms with E-state index in [1.54, 1.807) is 0 Å². The Kier molecular flexibility index (Phi) is 3.55. The third-order valence-electron chi connectivity index (χ3n) is 2.13. The summed E-state index contributed by atoms with van der Waals surface area (Å²) >= 11 is 1.30. The Morgan fingerprint density at radius 3 is 2.67 bits per heavy atom. The fourth-order valence-electron chi connectivity index (χ4n) is 1.30.